The van der Waals surface area contributed by atoms with Crippen LogP contribution >= 0.6 is 11.6 Å². The molecule has 3 rings (SSSR count). The second-order valence-electron chi connectivity index (χ2n) is 7.82. The maximum absolute atomic E-state index is 13.7. The molecule has 3 amide bonds. The molecule has 182 valence electrons. The van der Waals surface area contributed by atoms with Crippen LogP contribution in [-0.2, 0) is 22.7 Å². The number of hydrogen-bond acceptors (Lipinski definition) is 5. The number of rotatable bonds is 10. The number of halogens is 2. The smallest absolute Gasteiger partial charge is 0.345 e. The Morgan fingerprint density at radius 3 is 2.82 bits per heavy atom. The third kappa shape index (κ3) is 6.77. The van der Waals surface area contributed by atoms with Gasteiger partial charge in [-0.2, -0.15) is 0 Å². The topological polar surface area (TPSA) is 94.1 Å². The summed E-state index contributed by atoms with van der Waals surface area (Å²) < 4.78 is 13.7. The van der Waals surface area contributed by atoms with Gasteiger partial charge in [0.2, 0.25) is 5.91 Å². The predicted octanol–water partition coefficient (Wildman–Crippen LogP) is 3.60. The standard InChI is InChI=1S/C24H28ClFN4O4/c1-17(32)30(27-14-19-8-4-10-22(26)23(19)25)21(9-5-13-31)16-34-28-24(33)29-12-11-18-6-2-3-7-20(18)15-29/h2-4,6-8,10-12,21,27,31H,5,9,13-16H2,1H3,(H,28,33)/t21-/m0/s1. The molecule has 2 aromatic carbocycles. The van der Waals surface area contributed by atoms with Gasteiger partial charge in [-0.3, -0.25) is 19.5 Å². The quantitative estimate of drug-likeness (QED) is 0.442. The Morgan fingerprint density at radius 2 is 2.06 bits per heavy atom. The molecule has 0 aliphatic carbocycles. The zero-order valence-corrected chi connectivity index (χ0v) is 19.6. The van der Waals surface area contributed by atoms with Gasteiger partial charge in [0, 0.05) is 26.3 Å². The van der Waals surface area contributed by atoms with E-state index in [9.17, 15) is 19.1 Å². The zero-order valence-electron chi connectivity index (χ0n) is 18.8. The van der Waals surface area contributed by atoms with Gasteiger partial charge in [0.15, 0.2) is 0 Å². The summed E-state index contributed by atoms with van der Waals surface area (Å²) in [6, 6.07) is 11.3. The van der Waals surface area contributed by atoms with Crippen molar-refractivity contribution in [3.05, 3.63) is 76.2 Å². The molecule has 2 aromatic rings. The van der Waals surface area contributed by atoms with Gasteiger partial charge in [0.1, 0.15) is 5.82 Å². The molecule has 34 heavy (non-hydrogen) atoms. The van der Waals surface area contributed by atoms with Crippen molar-refractivity contribution in [3.8, 4) is 0 Å². The van der Waals surface area contributed by atoms with Gasteiger partial charge in [-0.05, 0) is 41.7 Å². The summed E-state index contributed by atoms with van der Waals surface area (Å²) in [6.07, 6.45) is 4.35. The molecule has 3 N–H and O–H groups in total. The maximum atomic E-state index is 13.7. The maximum Gasteiger partial charge on any atom is 0.345 e. The Labute approximate surface area is 202 Å². The minimum absolute atomic E-state index is 0.0231. The Hall–Kier alpha value is -2.98. The summed E-state index contributed by atoms with van der Waals surface area (Å²) in [5, 5.41) is 10.6. The van der Waals surface area contributed by atoms with E-state index in [1.54, 1.807) is 12.3 Å². The number of carbonyl (C=O) groups excluding carboxylic acids is 2. The van der Waals surface area contributed by atoms with Crippen LogP contribution in [0.4, 0.5) is 9.18 Å². The summed E-state index contributed by atoms with van der Waals surface area (Å²) in [6.45, 7) is 1.80. The fraction of sp³-hybridized carbons (Fsp3) is 0.333. The van der Waals surface area contributed by atoms with E-state index in [1.165, 1.54) is 29.0 Å². The number of fused-ring (bicyclic) bond motifs is 1. The lowest BCUT2D eigenvalue weighted by Crippen LogP contribution is -2.51. The number of urea groups is 1. The van der Waals surface area contributed by atoms with Crippen LogP contribution in [0, 0.1) is 5.82 Å². The van der Waals surface area contributed by atoms with E-state index in [4.69, 9.17) is 16.4 Å². The molecule has 10 heteroatoms. The monoisotopic (exact) mass is 490 g/mol. The van der Waals surface area contributed by atoms with E-state index in [1.807, 2.05) is 30.3 Å². The lowest BCUT2D eigenvalue weighted by Gasteiger charge is -2.31. The van der Waals surface area contributed by atoms with Gasteiger partial charge in [-0.1, -0.05) is 48.0 Å². The van der Waals surface area contributed by atoms with Gasteiger partial charge < -0.3 is 5.11 Å². The lowest BCUT2D eigenvalue weighted by atomic mass is 10.0. The number of benzene rings is 2. The van der Waals surface area contributed by atoms with Crippen molar-refractivity contribution in [2.24, 2.45) is 0 Å². The second-order valence-corrected chi connectivity index (χ2v) is 8.20. The Morgan fingerprint density at radius 1 is 1.26 bits per heavy atom. The Kier molecular flexibility index (Phi) is 9.41. The molecule has 1 atom stereocenters. The van der Waals surface area contributed by atoms with E-state index in [0.717, 1.165) is 11.1 Å². The molecular formula is C24H28ClFN4O4. The van der Waals surface area contributed by atoms with Crippen LogP contribution in [0.25, 0.3) is 6.08 Å². The van der Waals surface area contributed by atoms with Gasteiger partial charge in [0.05, 0.1) is 24.2 Å². The van der Waals surface area contributed by atoms with Crippen molar-refractivity contribution < 1.29 is 23.9 Å². The number of aliphatic hydroxyl groups is 1. The largest absolute Gasteiger partial charge is 0.396 e. The first kappa shape index (κ1) is 25.6. The average Bonchev–Trinajstić information content (AvgIpc) is 2.84. The first-order chi connectivity index (χ1) is 16.4. The van der Waals surface area contributed by atoms with Crippen LogP contribution in [0.3, 0.4) is 0 Å². The van der Waals surface area contributed by atoms with Crippen LogP contribution in [0.1, 0.15) is 36.5 Å². The molecule has 0 saturated carbocycles. The lowest BCUT2D eigenvalue weighted by molar-refractivity contribution is -0.138. The van der Waals surface area contributed by atoms with Crippen molar-refractivity contribution >= 4 is 29.6 Å². The number of aliphatic hydroxyl groups excluding tert-OH is 1. The molecule has 0 bridgehead atoms. The summed E-state index contributed by atoms with van der Waals surface area (Å²) >= 11 is 6.01. The number of nitrogens with zero attached hydrogens (tertiary/aromatic N) is 2. The highest BCUT2D eigenvalue weighted by atomic mass is 35.5. The highest BCUT2D eigenvalue weighted by Crippen LogP contribution is 2.20. The Balaban J connectivity index is 1.58. The fourth-order valence-electron chi connectivity index (χ4n) is 3.61. The summed E-state index contributed by atoms with van der Waals surface area (Å²) in [7, 11) is 0. The SMILES string of the molecule is CC(=O)N(NCc1cccc(F)c1Cl)[C@@H](CCCO)CONC(=O)N1C=Cc2ccccc2C1. The van der Waals surface area contributed by atoms with E-state index in [2.05, 4.69) is 10.9 Å². The molecule has 0 spiro atoms. The van der Waals surface area contributed by atoms with Crippen LogP contribution in [0.5, 0.6) is 0 Å². The van der Waals surface area contributed by atoms with E-state index in [0.29, 0.717) is 24.9 Å². The van der Waals surface area contributed by atoms with Crippen molar-refractivity contribution in [2.75, 3.05) is 13.2 Å². The normalized spacial score (nSPS) is 13.4. The third-order valence-corrected chi connectivity index (χ3v) is 5.82. The average molecular weight is 491 g/mol. The van der Waals surface area contributed by atoms with Crippen molar-refractivity contribution in [2.45, 2.75) is 38.9 Å². The van der Waals surface area contributed by atoms with Crippen LogP contribution in [0.2, 0.25) is 5.02 Å². The summed E-state index contributed by atoms with van der Waals surface area (Å²) in [5.74, 6) is -0.853. The molecule has 1 aliphatic rings. The van der Waals surface area contributed by atoms with Gasteiger partial charge in [0.25, 0.3) is 0 Å². The molecule has 0 fully saturated rings. The fourth-order valence-corrected chi connectivity index (χ4v) is 3.80. The van der Waals surface area contributed by atoms with Crippen molar-refractivity contribution in [1.82, 2.24) is 20.8 Å². The first-order valence-corrected chi connectivity index (χ1v) is 11.3. The summed E-state index contributed by atoms with van der Waals surface area (Å²) in [4.78, 5) is 31.8. The van der Waals surface area contributed by atoms with Crippen molar-refractivity contribution in [1.29, 1.82) is 0 Å². The van der Waals surface area contributed by atoms with Crippen molar-refractivity contribution in [3.63, 3.8) is 0 Å². The molecule has 1 heterocycles. The molecule has 1 aliphatic heterocycles. The first-order valence-electron chi connectivity index (χ1n) is 10.9. The molecule has 0 saturated heterocycles. The second kappa shape index (κ2) is 12.5. The van der Waals surface area contributed by atoms with Crippen LogP contribution in [-0.4, -0.2) is 46.2 Å². The minimum atomic E-state index is -0.549. The van der Waals surface area contributed by atoms with E-state index in [-0.39, 0.29) is 30.7 Å². The molecular weight excluding hydrogens is 463 g/mol. The van der Waals surface area contributed by atoms with Gasteiger partial charge >= 0.3 is 6.03 Å². The summed E-state index contributed by atoms with van der Waals surface area (Å²) in [5.41, 5.74) is 7.93. The van der Waals surface area contributed by atoms with Gasteiger partial charge in [-0.25, -0.2) is 20.1 Å². The van der Waals surface area contributed by atoms with Gasteiger partial charge in [-0.15, -0.1) is 0 Å². The number of hydrazine groups is 1. The highest BCUT2D eigenvalue weighted by molar-refractivity contribution is 6.31. The third-order valence-electron chi connectivity index (χ3n) is 5.40. The minimum Gasteiger partial charge on any atom is -0.396 e. The highest BCUT2D eigenvalue weighted by Gasteiger charge is 2.23. The zero-order chi connectivity index (χ0) is 24.5. The Bertz CT molecular complexity index is 1040. The van der Waals surface area contributed by atoms with Crippen LogP contribution in [0.15, 0.2) is 48.7 Å². The number of amides is 3. The number of carbonyl (C=O) groups is 2. The molecule has 0 unspecified atom stereocenters. The molecule has 0 radical (unpaired) electrons. The molecule has 0 aromatic heterocycles. The number of hydrogen-bond donors (Lipinski definition) is 3. The van der Waals surface area contributed by atoms with E-state index < -0.39 is 17.9 Å². The molecule has 8 nitrogen and oxygen atoms in total. The predicted molar refractivity (Wildman–Crippen MR) is 126 cm³/mol. The van der Waals surface area contributed by atoms with E-state index >= 15 is 0 Å². The number of nitrogens with one attached hydrogen (secondary N) is 2. The number of hydroxylamine groups is 1. The van der Waals surface area contributed by atoms with Crippen LogP contribution < -0.4 is 10.9 Å².